The number of nitrogens with zero attached hydrogens (tertiary/aromatic N) is 2. The predicted molar refractivity (Wildman–Crippen MR) is 73.2 cm³/mol. The molecule has 0 N–H and O–H groups in total. The molecule has 2 aromatic rings. The van der Waals surface area contributed by atoms with Gasteiger partial charge in [0.25, 0.3) is 0 Å². The first-order valence-corrected chi connectivity index (χ1v) is 6.40. The predicted octanol–water partition coefficient (Wildman–Crippen LogP) is 4.22. The van der Waals surface area contributed by atoms with E-state index in [-0.39, 0.29) is 5.82 Å². The molecule has 18 heavy (non-hydrogen) atoms. The van der Waals surface area contributed by atoms with Crippen molar-refractivity contribution < 1.29 is 4.39 Å². The summed E-state index contributed by atoms with van der Waals surface area (Å²) in [6, 6.07) is 5.22. The summed E-state index contributed by atoms with van der Waals surface area (Å²) in [4.78, 5) is 3.97. The van der Waals surface area contributed by atoms with E-state index in [9.17, 15) is 4.39 Å². The van der Waals surface area contributed by atoms with E-state index >= 15 is 0 Å². The second kappa shape index (κ2) is 6.94. The zero-order valence-electron chi connectivity index (χ0n) is 11.5. The number of hydrogen-bond acceptors (Lipinski definition) is 1. The van der Waals surface area contributed by atoms with Crippen molar-refractivity contribution in [1.82, 2.24) is 9.55 Å². The summed E-state index contributed by atoms with van der Waals surface area (Å²) < 4.78 is 15.3. The van der Waals surface area contributed by atoms with E-state index in [1.807, 2.05) is 30.7 Å². The molecule has 3 heteroatoms. The lowest BCUT2D eigenvalue weighted by molar-refractivity contribution is 0.618. The number of benzene rings is 1. The Hall–Kier alpha value is -1.64. The number of halogens is 1. The molecule has 0 spiro atoms. The maximum Gasteiger partial charge on any atom is 0.123 e. The van der Waals surface area contributed by atoms with Gasteiger partial charge in [-0.15, -0.1) is 0 Å². The van der Waals surface area contributed by atoms with Gasteiger partial charge in [0.1, 0.15) is 5.82 Å². The monoisotopic (exact) mass is 248 g/mol. The van der Waals surface area contributed by atoms with Crippen molar-refractivity contribution in [1.29, 1.82) is 0 Å². The standard InChI is InChI=1S/C13H15FN2.C2H6/c1-10(2)12-5-11(6-13(14)7-12)8-16-4-3-15-9-16;1-2/h3-7,9-10H,8H2,1-2H3;1-2H3. The number of imidazole rings is 1. The third-order valence-corrected chi connectivity index (χ3v) is 2.57. The second-order valence-corrected chi connectivity index (χ2v) is 4.28. The van der Waals surface area contributed by atoms with Crippen LogP contribution in [0.25, 0.3) is 0 Å². The molecule has 1 heterocycles. The number of aromatic nitrogens is 2. The van der Waals surface area contributed by atoms with E-state index in [4.69, 9.17) is 0 Å². The van der Waals surface area contributed by atoms with Crippen LogP contribution >= 0.6 is 0 Å². The van der Waals surface area contributed by atoms with Gasteiger partial charge in [0.2, 0.25) is 0 Å². The van der Waals surface area contributed by atoms with Crippen molar-refractivity contribution in [2.75, 3.05) is 0 Å². The van der Waals surface area contributed by atoms with Gasteiger partial charge >= 0.3 is 0 Å². The van der Waals surface area contributed by atoms with Gasteiger partial charge in [-0.25, -0.2) is 9.37 Å². The van der Waals surface area contributed by atoms with Gasteiger partial charge in [-0.3, -0.25) is 0 Å². The molecule has 0 amide bonds. The van der Waals surface area contributed by atoms with Crippen LogP contribution in [0, 0.1) is 5.82 Å². The molecule has 2 nitrogen and oxygen atoms in total. The van der Waals surface area contributed by atoms with E-state index in [1.54, 1.807) is 24.7 Å². The first kappa shape index (κ1) is 14.4. The van der Waals surface area contributed by atoms with Gasteiger partial charge in [-0.05, 0) is 29.2 Å². The van der Waals surface area contributed by atoms with Crippen LogP contribution in [0.5, 0.6) is 0 Å². The van der Waals surface area contributed by atoms with Crippen molar-refractivity contribution >= 4 is 0 Å². The third kappa shape index (κ3) is 3.99. The normalized spacial score (nSPS) is 10.1. The zero-order valence-corrected chi connectivity index (χ0v) is 11.5. The molecule has 0 radical (unpaired) electrons. The summed E-state index contributed by atoms with van der Waals surface area (Å²) in [5, 5.41) is 0. The highest BCUT2D eigenvalue weighted by Crippen LogP contribution is 2.18. The number of rotatable bonds is 3. The summed E-state index contributed by atoms with van der Waals surface area (Å²) in [5.74, 6) is 0.179. The average molecular weight is 248 g/mol. The van der Waals surface area contributed by atoms with E-state index in [1.165, 1.54) is 0 Å². The number of hydrogen-bond donors (Lipinski definition) is 0. The summed E-state index contributed by atoms with van der Waals surface area (Å²) in [6.45, 7) is 8.79. The first-order chi connectivity index (χ1) is 8.65. The Balaban J connectivity index is 0.000000771. The molecule has 0 saturated heterocycles. The van der Waals surface area contributed by atoms with Crippen molar-refractivity contribution in [2.45, 2.75) is 40.2 Å². The van der Waals surface area contributed by atoms with Crippen molar-refractivity contribution in [3.05, 3.63) is 53.9 Å². The minimum absolute atomic E-state index is 0.165. The fourth-order valence-corrected chi connectivity index (χ4v) is 1.69. The average Bonchev–Trinajstić information content (AvgIpc) is 2.83. The lowest BCUT2D eigenvalue weighted by Crippen LogP contribution is -1.99. The van der Waals surface area contributed by atoms with E-state index in [2.05, 4.69) is 18.8 Å². The second-order valence-electron chi connectivity index (χ2n) is 4.28. The highest BCUT2D eigenvalue weighted by molar-refractivity contribution is 5.27. The lowest BCUT2D eigenvalue weighted by Gasteiger charge is -2.09. The molecule has 98 valence electrons. The highest BCUT2D eigenvalue weighted by atomic mass is 19.1. The minimum atomic E-state index is -0.165. The molecular weight excluding hydrogens is 227 g/mol. The molecule has 1 aromatic heterocycles. The molecule has 0 aliphatic heterocycles. The van der Waals surface area contributed by atoms with Gasteiger partial charge in [-0.2, -0.15) is 0 Å². The Morgan fingerprint density at radius 2 is 1.94 bits per heavy atom. The molecule has 0 saturated carbocycles. The Kier molecular flexibility index (Phi) is 5.56. The molecular formula is C15H21FN2. The maximum atomic E-state index is 13.4. The van der Waals surface area contributed by atoms with Crippen LogP contribution in [0.2, 0.25) is 0 Å². The van der Waals surface area contributed by atoms with Crippen LogP contribution in [0.15, 0.2) is 36.9 Å². The molecule has 0 fully saturated rings. The Bertz CT molecular complexity index is 461. The Morgan fingerprint density at radius 3 is 2.50 bits per heavy atom. The zero-order chi connectivity index (χ0) is 13.5. The fraction of sp³-hybridized carbons (Fsp3) is 0.400. The Labute approximate surface area is 108 Å². The van der Waals surface area contributed by atoms with E-state index < -0.39 is 0 Å². The van der Waals surface area contributed by atoms with E-state index in [0.717, 1.165) is 11.1 Å². The third-order valence-electron chi connectivity index (χ3n) is 2.57. The highest BCUT2D eigenvalue weighted by Gasteiger charge is 2.04. The van der Waals surface area contributed by atoms with Crippen LogP contribution < -0.4 is 0 Å². The molecule has 0 unspecified atom stereocenters. The van der Waals surface area contributed by atoms with Gasteiger partial charge in [-0.1, -0.05) is 33.8 Å². The SMILES string of the molecule is CC.CC(C)c1cc(F)cc(Cn2ccnc2)c1. The molecule has 1 aromatic carbocycles. The van der Waals surface area contributed by atoms with Crippen molar-refractivity contribution in [2.24, 2.45) is 0 Å². The van der Waals surface area contributed by atoms with Gasteiger partial charge in [0, 0.05) is 18.9 Å². The molecule has 0 atom stereocenters. The first-order valence-electron chi connectivity index (χ1n) is 6.40. The van der Waals surface area contributed by atoms with Crippen LogP contribution in [-0.2, 0) is 6.54 Å². The smallest absolute Gasteiger partial charge is 0.123 e. The molecule has 0 aliphatic rings. The summed E-state index contributed by atoms with van der Waals surface area (Å²) >= 11 is 0. The molecule has 2 rings (SSSR count). The lowest BCUT2D eigenvalue weighted by atomic mass is 10.0. The largest absolute Gasteiger partial charge is 0.333 e. The topological polar surface area (TPSA) is 17.8 Å². The van der Waals surface area contributed by atoms with Crippen molar-refractivity contribution in [3.63, 3.8) is 0 Å². The van der Waals surface area contributed by atoms with Gasteiger partial charge in [0.15, 0.2) is 0 Å². The minimum Gasteiger partial charge on any atom is -0.333 e. The summed E-state index contributed by atoms with van der Waals surface area (Å²) in [7, 11) is 0. The van der Waals surface area contributed by atoms with Crippen LogP contribution in [0.3, 0.4) is 0 Å². The van der Waals surface area contributed by atoms with Gasteiger partial charge < -0.3 is 4.57 Å². The Morgan fingerprint density at radius 1 is 1.22 bits per heavy atom. The quantitative estimate of drug-likeness (QED) is 0.795. The maximum absolute atomic E-state index is 13.4. The van der Waals surface area contributed by atoms with Crippen LogP contribution in [0.4, 0.5) is 4.39 Å². The fourth-order valence-electron chi connectivity index (χ4n) is 1.69. The van der Waals surface area contributed by atoms with Crippen molar-refractivity contribution in [3.8, 4) is 0 Å². The van der Waals surface area contributed by atoms with Gasteiger partial charge in [0.05, 0.1) is 6.33 Å². The van der Waals surface area contributed by atoms with Crippen LogP contribution in [0.1, 0.15) is 44.7 Å². The summed E-state index contributed by atoms with van der Waals surface area (Å²) in [5.41, 5.74) is 2.01. The van der Waals surface area contributed by atoms with E-state index in [0.29, 0.717) is 12.5 Å². The molecule has 0 bridgehead atoms. The van der Waals surface area contributed by atoms with Crippen LogP contribution in [-0.4, -0.2) is 9.55 Å². The molecule has 0 aliphatic carbocycles. The summed E-state index contributed by atoms with van der Waals surface area (Å²) in [6.07, 6.45) is 5.34.